The first-order valence-electron chi connectivity index (χ1n) is 6.06. The van der Waals surface area contributed by atoms with Crippen LogP contribution in [0.15, 0.2) is 30.3 Å². The minimum absolute atomic E-state index is 0.158. The van der Waals surface area contributed by atoms with Crippen molar-refractivity contribution in [3.63, 3.8) is 0 Å². The zero-order chi connectivity index (χ0) is 13.9. The zero-order valence-corrected chi connectivity index (χ0v) is 11.2. The molecule has 1 N–H and O–H groups in total. The second kappa shape index (κ2) is 5.58. The fraction of sp³-hybridized carbons (Fsp3) is 0.417. The molecule has 1 aliphatic heterocycles. The maximum Gasteiger partial charge on any atom is 0.422 e. The highest BCUT2D eigenvalue weighted by molar-refractivity contribution is 7.87. The number of carboxylic acid groups (broad SMARTS) is 1. The smallest absolute Gasteiger partial charge is 0.422 e. The van der Waals surface area contributed by atoms with Crippen LogP contribution in [0.4, 0.5) is 4.79 Å². The summed E-state index contributed by atoms with van der Waals surface area (Å²) in [5.74, 6) is 0. The van der Waals surface area contributed by atoms with E-state index in [4.69, 9.17) is 5.11 Å². The van der Waals surface area contributed by atoms with Crippen LogP contribution in [0, 0.1) is 0 Å². The quantitative estimate of drug-likeness (QED) is 0.909. The van der Waals surface area contributed by atoms with Crippen molar-refractivity contribution >= 4 is 16.3 Å². The van der Waals surface area contributed by atoms with E-state index in [9.17, 15) is 13.2 Å². The van der Waals surface area contributed by atoms with Crippen molar-refractivity contribution < 1.29 is 18.3 Å². The lowest BCUT2D eigenvalue weighted by Gasteiger charge is -2.24. The van der Waals surface area contributed by atoms with E-state index in [0.717, 1.165) is 12.8 Å². The molecule has 0 atom stereocenters. The molecular weight excluding hydrogens is 268 g/mol. The summed E-state index contributed by atoms with van der Waals surface area (Å²) in [7, 11) is -3.93. The number of carbonyl (C=O) groups is 1. The van der Waals surface area contributed by atoms with E-state index in [1.165, 1.54) is 4.31 Å². The van der Waals surface area contributed by atoms with Crippen LogP contribution in [0.1, 0.15) is 18.4 Å². The summed E-state index contributed by atoms with van der Waals surface area (Å²) in [4.78, 5) is 11.2. The second-order valence-electron chi connectivity index (χ2n) is 4.39. The zero-order valence-electron chi connectivity index (χ0n) is 10.4. The highest BCUT2D eigenvalue weighted by Gasteiger charge is 2.34. The van der Waals surface area contributed by atoms with Gasteiger partial charge in [0.1, 0.15) is 0 Å². The minimum Gasteiger partial charge on any atom is -0.464 e. The molecule has 19 heavy (non-hydrogen) atoms. The monoisotopic (exact) mass is 284 g/mol. The van der Waals surface area contributed by atoms with E-state index in [-0.39, 0.29) is 6.54 Å². The van der Waals surface area contributed by atoms with Crippen molar-refractivity contribution in [2.24, 2.45) is 0 Å². The van der Waals surface area contributed by atoms with E-state index in [2.05, 4.69) is 0 Å². The summed E-state index contributed by atoms with van der Waals surface area (Å²) >= 11 is 0. The number of hydrogen-bond donors (Lipinski definition) is 1. The van der Waals surface area contributed by atoms with Gasteiger partial charge in [-0.3, -0.25) is 0 Å². The minimum atomic E-state index is -3.93. The van der Waals surface area contributed by atoms with E-state index >= 15 is 0 Å². The molecule has 1 aromatic rings. The Balaban J connectivity index is 2.23. The number of nitrogens with zero attached hydrogens (tertiary/aromatic N) is 2. The molecule has 104 valence electrons. The van der Waals surface area contributed by atoms with E-state index in [1.807, 2.05) is 0 Å². The van der Waals surface area contributed by atoms with Gasteiger partial charge in [0.2, 0.25) is 0 Å². The van der Waals surface area contributed by atoms with Crippen LogP contribution in [0.3, 0.4) is 0 Å². The molecule has 1 fully saturated rings. The van der Waals surface area contributed by atoms with Gasteiger partial charge in [-0.05, 0) is 18.4 Å². The summed E-state index contributed by atoms with van der Waals surface area (Å²) in [6.07, 6.45) is 0.103. The maximum absolute atomic E-state index is 12.2. The van der Waals surface area contributed by atoms with Crippen LogP contribution in [0.2, 0.25) is 0 Å². The average Bonchev–Trinajstić information content (AvgIpc) is 2.91. The molecule has 1 aliphatic rings. The van der Waals surface area contributed by atoms with Gasteiger partial charge in [-0.25, -0.2) is 4.79 Å². The molecule has 0 spiro atoms. The van der Waals surface area contributed by atoms with E-state index < -0.39 is 16.3 Å². The summed E-state index contributed by atoms with van der Waals surface area (Å²) in [6.45, 7) is 0.622. The predicted octanol–water partition coefficient (Wildman–Crippen LogP) is 1.51. The fourth-order valence-corrected chi connectivity index (χ4v) is 3.56. The Hall–Kier alpha value is -1.60. The Kier molecular flexibility index (Phi) is 4.06. The Morgan fingerprint density at radius 2 is 1.79 bits per heavy atom. The summed E-state index contributed by atoms with van der Waals surface area (Å²) < 4.78 is 26.2. The predicted molar refractivity (Wildman–Crippen MR) is 69.7 cm³/mol. The van der Waals surface area contributed by atoms with Crippen LogP contribution >= 0.6 is 0 Å². The molecule has 6 nitrogen and oxygen atoms in total. The molecule has 7 heteroatoms. The first-order valence-corrected chi connectivity index (χ1v) is 7.46. The molecule has 1 amide bonds. The van der Waals surface area contributed by atoms with E-state index in [0.29, 0.717) is 23.0 Å². The average molecular weight is 284 g/mol. The van der Waals surface area contributed by atoms with Gasteiger partial charge in [0.25, 0.3) is 0 Å². The molecule has 1 aromatic carbocycles. The third-order valence-corrected chi connectivity index (χ3v) is 4.91. The third-order valence-electron chi connectivity index (χ3n) is 3.05. The standard InChI is InChI=1S/C12H16N2O4S/c15-12(16)14(10-11-6-2-1-3-7-11)19(17,18)13-8-4-5-9-13/h1-3,6-7H,4-5,8-10H2,(H,15,16). The molecule has 0 unspecified atom stereocenters. The lowest BCUT2D eigenvalue weighted by molar-refractivity contribution is 0.168. The van der Waals surface area contributed by atoms with Gasteiger partial charge in [0.15, 0.2) is 0 Å². The maximum atomic E-state index is 12.2. The van der Waals surface area contributed by atoms with Gasteiger partial charge < -0.3 is 5.11 Å². The first kappa shape index (κ1) is 13.8. The van der Waals surface area contributed by atoms with Crippen molar-refractivity contribution in [3.8, 4) is 0 Å². The van der Waals surface area contributed by atoms with Crippen molar-refractivity contribution in [2.75, 3.05) is 13.1 Å². The van der Waals surface area contributed by atoms with Crippen LogP contribution in [0.25, 0.3) is 0 Å². The van der Waals surface area contributed by atoms with Crippen molar-refractivity contribution in [1.82, 2.24) is 8.61 Å². The summed E-state index contributed by atoms with van der Waals surface area (Å²) in [5, 5.41) is 9.15. The van der Waals surface area contributed by atoms with Crippen LogP contribution in [0.5, 0.6) is 0 Å². The SMILES string of the molecule is O=C(O)N(Cc1ccccc1)S(=O)(=O)N1CCCC1. The first-order chi connectivity index (χ1) is 9.01. The molecule has 1 heterocycles. The van der Waals surface area contributed by atoms with E-state index in [1.54, 1.807) is 30.3 Å². The van der Waals surface area contributed by atoms with Crippen LogP contribution in [-0.2, 0) is 16.8 Å². The highest BCUT2D eigenvalue weighted by atomic mass is 32.2. The number of rotatable bonds is 4. The van der Waals surface area contributed by atoms with Crippen LogP contribution in [-0.4, -0.2) is 41.3 Å². The van der Waals surface area contributed by atoms with Gasteiger partial charge in [0.05, 0.1) is 6.54 Å². The van der Waals surface area contributed by atoms with Gasteiger partial charge >= 0.3 is 16.3 Å². The van der Waals surface area contributed by atoms with Gasteiger partial charge in [-0.1, -0.05) is 30.3 Å². The lowest BCUT2D eigenvalue weighted by Crippen LogP contribution is -2.44. The lowest BCUT2D eigenvalue weighted by atomic mass is 10.2. The Bertz CT molecular complexity index is 538. The van der Waals surface area contributed by atoms with Crippen molar-refractivity contribution in [3.05, 3.63) is 35.9 Å². The highest BCUT2D eigenvalue weighted by Crippen LogP contribution is 2.18. The number of amides is 1. The van der Waals surface area contributed by atoms with Gasteiger partial charge in [-0.2, -0.15) is 17.0 Å². The normalized spacial score (nSPS) is 16.4. The Morgan fingerprint density at radius 3 is 2.32 bits per heavy atom. The number of benzene rings is 1. The third kappa shape index (κ3) is 3.05. The molecule has 0 aliphatic carbocycles. The molecular formula is C12H16N2O4S. The van der Waals surface area contributed by atoms with Crippen LogP contribution < -0.4 is 0 Å². The van der Waals surface area contributed by atoms with Gasteiger partial charge in [0, 0.05) is 13.1 Å². The molecule has 0 radical (unpaired) electrons. The molecule has 0 bridgehead atoms. The Morgan fingerprint density at radius 1 is 1.21 bits per heavy atom. The summed E-state index contributed by atoms with van der Waals surface area (Å²) in [6, 6.07) is 8.70. The number of hydrogen-bond acceptors (Lipinski definition) is 3. The van der Waals surface area contributed by atoms with Gasteiger partial charge in [-0.15, -0.1) is 0 Å². The molecule has 2 rings (SSSR count). The molecule has 0 aromatic heterocycles. The largest absolute Gasteiger partial charge is 0.464 e. The fourth-order valence-electron chi connectivity index (χ4n) is 2.06. The summed E-state index contributed by atoms with van der Waals surface area (Å²) in [5.41, 5.74) is 0.646. The molecule has 1 saturated heterocycles. The van der Waals surface area contributed by atoms with Crippen molar-refractivity contribution in [1.29, 1.82) is 0 Å². The molecule has 0 saturated carbocycles. The second-order valence-corrected chi connectivity index (χ2v) is 6.24. The van der Waals surface area contributed by atoms with Crippen molar-refractivity contribution in [2.45, 2.75) is 19.4 Å². The topological polar surface area (TPSA) is 77.9 Å². The Labute approximate surface area is 112 Å².